The molecule has 0 aromatic rings. The lowest BCUT2D eigenvalue weighted by molar-refractivity contribution is -0.108. The normalized spacial score (nSPS) is 24.4. The van der Waals surface area contributed by atoms with Crippen LogP contribution in [0.15, 0.2) is 0 Å². The molecular formula is C14H24F2N4O2. The van der Waals surface area contributed by atoms with Gasteiger partial charge in [-0.2, -0.15) is 0 Å². The summed E-state index contributed by atoms with van der Waals surface area (Å²) in [5.41, 5.74) is 0. The van der Waals surface area contributed by atoms with Crippen LogP contribution < -0.4 is 10.6 Å². The highest BCUT2D eigenvalue weighted by Crippen LogP contribution is 2.41. The maximum Gasteiger partial charge on any atom is 0.317 e. The fourth-order valence-electron chi connectivity index (χ4n) is 2.86. The van der Waals surface area contributed by atoms with Gasteiger partial charge in [0.05, 0.1) is 0 Å². The molecule has 126 valence electrons. The number of carbonyl (C=O) groups is 2. The van der Waals surface area contributed by atoms with Crippen molar-refractivity contribution in [2.45, 2.75) is 37.6 Å². The van der Waals surface area contributed by atoms with E-state index in [2.05, 4.69) is 10.6 Å². The Morgan fingerprint density at radius 1 is 1.32 bits per heavy atom. The molecule has 1 aliphatic heterocycles. The lowest BCUT2D eigenvalue weighted by Crippen LogP contribution is -2.54. The summed E-state index contributed by atoms with van der Waals surface area (Å²) in [6, 6.07) is -0.481. The zero-order chi connectivity index (χ0) is 16.3. The van der Waals surface area contributed by atoms with Crippen molar-refractivity contribution in [1.82, 2.24) is 20.4 Å². The van der Waals surface area contributed by atoms with E-state index in [0.29, 0.717) is 19.6 Å². The summed E-state index contributed by atoms with van der Waals surface area (Å²) in [6.45, 7) is 1.37. The maximum atomic E-state index is 12.7. The largest absolute Gasteiger partial charge is 0.338 e. The minimum atomic E-state index is -2.55. The van der Waals surface area contributed by atoms with Crippen molar-refractivity contribution >= 4 is 12.1 Å². The van der Waals surface area contributed by atoms with Crippen molar-refractivity contribution in [2.24, 2.45) is 5.92 Å². The molecule has 0 aromatic carbocycles. The molecule has 2 N–H and O–H groups in total. The second-order valence-corrected chi connectivity index (χ2v) is 6.45. The summed E-state index contributed by atoms with van der Waals surface area (Å²) >= 11 is 0. The molecule has 2 aliphatic rings. The van der Waals surface area contributed by atoms with Crippen LogP contribution in [0.4, 0.5) is 18.4 Å². The van der Waals surface area contributed by atoms with Crippen LogP contribution in [0.2, 0.25) is 0 Å². The number of piperidine rings is 1. The second kappa shape index (κ2) is 6.66. The van der Waals surface area contributed by atoms with Crippen LogP contribution in [0, 0.1) is 5.92 Å². The summed E-state index contributed by atoms with van der Waals surface area (Å²) in [5.74, 6) is -2.68. The van der Waals surface area contributed by atoms with Crippen LogP contribution >= 0.6 is 0 Å². The first kappa shape index (κ1) is 16.8. The van der Waals surface area contributed by atoms with Crippen molar-refractivity contribution < 1.29 is 18.4 Å². The number of nitrogens with one attached hydrogen (secondary N) is 2. The Bertz CT molecular complexity index is 423. The molecule has 1 aliphatic carbocycles. The van der Waals surface area contributed by atoms with E-state index in [1.807, 2.05) is 0 Å². The molecule has 0 radical (unpaired) electrons. The zero-order valence-electron chi connectivity index (χ0n) is 13.1. The van der Waals surface area contributed by atoms with Crippen molar-refractivity contribution in [3.63, 3.8) is 0 Å². The Morgan fingerprint density at radius 3 is 2.59 bits per heavy atom. The molecule has 0 aromatic heterocycles. The fraction of sp³-hybridized carbons (Fsp3) is 0.857. The molecule has 2 rings (SSSR count). The average molecular weight is 318 g/mol. The van der Waals surface area contributed by atoms with Crippen LogP contribution in [0.1, 0.15) is 25.7 Å². The zero-order valence-corrected chi connectivity index (χ0v) is 13.1. The first-order valence-corrected chi connectivity index (χ1v) is 7.65. The van der Waals surface area contributed by atoms with Gasteiger partial charge in [-0.3, -0.25) is 0 Å². The number of nitrogens with zero attached hydrogens (tertiary/aromatic N) is 2. The van der Waals surface area contributed by atoms with Gasteiger partial charge < -0.3 is 20.4 Å². The maximum absolute atomic E-state index is 12.7. The SMILES string of the molecule is CN(C)C(=O)NC1CCCN(C(=O)NCC2CC(F)(F)C2)C1. The van der Waals surface area contributed by atoms with Crippen molar-refractivity contribution in [1.29, 1.82) is 0 Å². The highest BCUT2D eigenvalue weighted by molar-refractivity contribution is 5.75. The van der Waals surface area contributed by atoms with Crippen LogP contribution in [0.5, 0.6) is 0 Å². The highest BCUT2D eigenvalue weighted by atomic mass is 19.3. The van der Waals surface area contributed by atoms with Crippen molar-refractivity contribution in [3.8, 4) is 0 Å². The molecule has 6 nitrogen and oxygen atoms in total. The van der Waals surface area contributed by atoms with E-state index >= 15 is 0 Å². The number of likely N-dealkylation sites (tertiary alicyclic amines) is 1. The Labute approximate surface area is 129 Å². The molecule has 4 amide bonds. The molecule has 22 heavy (non-hydrogen) atoms. The van der Waals surface area contributed by atoms with E-state index in [9.17, 15) is 18.4 Å². The molecule has 0 spiro atoms. The second-order valence-electron chi connectivity index (χ2n) is 6.45. The minimum absolute atomic E-state index is 0.0672. The molecule has 1 unspecified atom stereocenters. The molecule has 8 heteroatoms. The Kier molecular flexibility index (Phi) is 5.08. The van der Waals surface area contributed by atoms with Gasteiger partial charge in [-0.05, 0) is 18.8 Å². The third kappa shape index (κ3) is 4.45. The summed E-state index contributed by atoms with van der Waals surface area (Å²) in [6.07, 6.45) is 1.36. The van der Waals surface area contributed by atoms with Crippen LogP contribution in [0.25, 0.3) is 0 Å². The van der Waals surface area contributed by atoms with E-state index in [-0.39, 0.29) is 36.9 Å². The number of alkyl halides is 2. The van der Waals surface area contributed by atoms with Crippen molar-refractivity contribution in [3.05, 3.63) is 0 Å². The third-order valence-corrected chi connectivity index (χ3v) is 4.16. The van der Waals surface area contributed by atoms with E-state index < -0.39 is 5.92 Å². The van der Waals surface area contributed by atoms with Gasteiger partial charge in [-0.15, -0.1) is 0 Å². The van der Waals surface area contributed by atoms with Gasteiger partial charge in [0.15, 0.2) is 0 Å². The number of rotatable bonds is 3. The van der Waals surface area contributed by atoms with E-state index in [4.69, 9.17) is 0 Å². The minimum Gasteiger partial charge on any atom is -0.338 e. The van der Waals surface area contributed by atoms with Gasteiger partial charge in [0, 0.05) is 52.6 Å². The number of carbonyl (C=O) groups excluding carboxylic acids is 2. The molecule has 1 saturated heterocycles. The third-order valence-electron chi connectivity index (χ3n) is 4.16. The van der Waals surface area contributed by atoms with Gasteiger partial charge in [-0.1, -0.05) is 0 Å². The molecule has 0 bridgehead atoms. The Morgan fingerprint density at radius 2 is 2.00 bits per heavy atom. The van der Waals surface area contributed by atoms with Crippen LogP contribution in [0.3, 0.4) is 0 Å². The van der Waals surface area contributed by atoms with Gasteiger partial charge in [0.25, 0.3) is 0 Å². The average Bonchev–Trinajstić information content (AvgIpc) is 2.42. The van der Waals surface area contributed by atoms with E-state index in [0.717, 1.165) is 12.8 Å². The molecule has 1 atom stereocenters. The van der Waals surface area contributed by atoms with Gasteiger partial charge in [0.2, 0.25) is 5.92 Å². The number of hydrogen-bond donors (Lipinski definition) is 2. The topological polar surface area (TPSA) is 64.7 Å². The number of hydrogen-bond acceptors (Lipinski definition) is 2. The van der Waals surface area contributed by atoms with Gasteiger partial charge >= 0.3 is 12.1 Å². The summed E-state index contributed by atoms with van der Waals surface area (Å²) in [5, 5.41) is 5.59. The lowest BCUT2D eigenvalue weighted by atomic mass is 9.81. The van der Waals surface area contributed by atoms with Gasteiger partial charge in [-0.25, -0.2) is 18.4 Å². The lowest BCUT2D eigenvalue weighted by Gasteiger charge is -2.37. The molecule has 1 saturated carbocycles. The summed E-state index contributed by atoms with van der Waals surface area (Å²) < 4.78 is 25.5. The van der Waals surface area contributed by atoms with Crippen LogP contribution in [-0.2, 0) is 0 Å². The molecular weight excluding hydrogens is 294 g/mol. The first-order chi connectivity index (χ1) is 10.3. The van der Waals surface area contributed by atoms with Gasteiger partial charge in [0.1, 0.15) is 0 Å². The first-order valence-electron chi connectivity index (χ1n) is 7.65. The standard InChI is InChI=1S/C14H24F2N4O2/c1-19(2)13(22)18-11-4-3-5-20(9-11)12(21)17-8-10-6-14(15,16)7-10/h10-11H,3-9H2,1-2H3,(H,17,21)(H,18,22). The van der Waals surface area contributed by atoms with Crippen molar-refractivity contribution in [2.75, 3.05) is 33.7 Å². The quantitative estimate of drug-likeness (QED) is 0.828. The number of halogens is 2. The predicted molar refractivity (Wildman–Crippen MR) is 77.9 cm³/mol. The van der Waals surface area contributed by atoms with E-state index in [1.165, 1.54) is 4.90 Å². The predicted octanol–water partition coefficient (Wildman–Crippen LogP) is 1.48. The molecule has 2 fully saturated rings. The monoisotopic (exact) mass is 318 g/mol. The fourth-order valence-corrected chi connectivity index (χ4v) is 2.86. The number of amides is 4. The van der Waals surface area contributed by atoms with Crippen LogP contribution in [-0.4, -0.2) is 67.6 Å². The summed E-state index contributed by atoms with van der Waals surface area (Å²) in [4.78, 5) is 26.8. The van der Waals surface area contributed by atoms with E-state index in [1.54, 1.807) is 19.0 Å². The Hall–Kier alpha value is -1.60. The smallest absolute Gasteiger partial charge is 0.317 e. The Balaban J connectivity index is 1.72. The summed E-state index contributed by atoms with van der Waals surface area (Å²) in [7, 11) is 3.33. The highest BCUT2D eigenvalue weighted by Gasteiger charge is 2.45. The number of urea groups is 2. The molecule has 1 heterocycles.